The van der Waals surface area contributed by atoms with Crippen LogP contribution in [-0.2, 0) is 11.3 Å². The Hall–Kier alpha value is -1.78. The molecule has 0 saturated carbocycles. The molecule has 18 heavy (non-hydrogen) atoms. The molecule has 3 aromatic rings. The van der Waals surface area contributed by atoms with Crippen molar-refractivity contribution in [1.29, 1.82) is 0 Å². The Kier molecular flexibility index (Phi) is 3.04. The number of thiazole rings is 1. The molecule has 0 unspecified atom stereocenters. The van der Waals surface area contributed by atoms with Gasteiger partial charge in [-0.05, 0) is 12.1 Å². The second kappa shape index (κ2) is 4.84. The first-order chi connectivity index (χ1) is 8.86. The molecule has 0 saturated heterocycles. The molecule has 2 heterocycles. The van der Waals surface area contributed by atoms with E-state index in [0.717, 1.165) is 27.3 Å². The SMILES string of the molecule is COCc1csc(-c2ccc3ccccc3n2)n1. The van der Waals surface area contributed by atoms with Crippen LogP contribution in [0.15, 0.2) is 41.8 Å². The van der Waals surface area contributed by atoms with E-state index in [2.05, 4.69) is 22.1 Å². The van der Waals surface area contributed by atoms with Gasteiger partial charge in [-0.15, -0.1) is 11.3 Å². The summed E-state index contributed by atoms with van der Waals surface area (Å²) in [7, 11) is 1.67. The van der Waals surface area contributed by atoms with Gasteiger partial charge in [0.2, 0.25) is 0 Å². The molecule has 3 rings (SSSR count). The monoisotopic (exact) mass is 256 g/mol. The lowest BCUT2D eigenvalue weighted by Crippen LogP contribution is -1.88. The van der Waals surface area contributed by atoms with E-state index in [-0.39, 0.29) is 0 Å². The molecule has 0 amide bonds. The van der Waals surface area contributed by atoms with Crippen molar-refractivity contribution in [1.82, 2.24) is 9.97 Å². The fourth-order valence-corrected chi connectivity index (χ4v) is 2.60. The van der Waals surface area contributed by atoms with Crippen molar-refractivity contribution in [3.8, 4) is 10.7 Å². The zero-order valence-electron chi connectivity index (χ0n) is 9.96. The molecule has 1 aromatic carbocycles. The molecular weight excluding hydrogens is 244 g/mol. The van der Waals surface area contributed by atoms with Crippen LogP contribution in [-0.4, -0.2) is 17.1 Å². The second-order valence-electron chi connectivity index (χ2n) is 3.97. The minimum Gasteiger partial charge on any atom is -0.378 e. The number of aromatic nitrogens is 2. The fraction of sp³-hybridized carbons (Fsp3) is 0.143. The molecule has 0 radical (unpaired) electrons. The molecule has 0 fully saturated rings. The number of hydrogen-bond donors (Lipinski definition) is 0. The van der Waals surface area contributed by atoms with Crippen LogP contribution < -0.4 is 0 Å². The lowest BCUT2D eigenvalue weighted by atomic mass is 10.2. The molecule has 0 aliphatic carbocycles. The fourth-order valence-electron chi connectivity index (χ4n) is 1.82. The van der Waals surface area contributed by atoms with Gasteiger partial charge in [0, 0.05) is 17.9 Å². The van der Waals surface area contributed by atoms with Gasteiger partial charge in [0.05, 0.1) is 23.5 Å². The smallest absolute Gasteiger partial charge is 0.142 e. The van der Waals surface area contributed by atoms with E-state index in [1.54, 1.807) is 18.4 Å². The Labute approximate surface area is 109 Å². The number of para-hydroxylation sites is 1. The predicted molar refractivity (Wildman–Crippen MR) is 73.6 cm³/mol. The summed E-state index contributed by atoms with van der Waals surface area (Å²) in [6.45, 7) is 0.546. The van der Waals surface area contributed by atoms with E-state index in [9.17, 15) is 0 Å². The summed E-state index contributed by atoms with van der Waals surface area (Å²) in [6, 6.07) is 12.2. The van der Waals surface area contributed by atoms with Gasteiger partial charge in [0.25, 0.3) is 0 Å². The number of hydrogen-bond acceptors (Lipinski definition) is 4. The second-order valence-corrected chi connectivity index (χ2v) is 4.82. The highest BCUT2D eigenvalue weighted by molar-refractivity contribution is 7.13. The third-order valence-corrected chi connectivity index (χ3v) is 3.58. The summed E-state index contributed by atoms with van der Waals surface area (Å²) < 4.78 is 5.07. The molecule has 0 aliphatic heterocycles. The van der Waals surface area contributed by atoms with Gasteiger partial charge in [-0.1, -0.05) is 24.3 Å². The normalized spacial score (nSPS) is 10.9. The van der Waals surface area contributed by atoms with Crippen LogP contribution in [0, 0.1) is 0 Å². The van der Waals surface area contributed by atoms with Gasteiger partial charge in [0.1, 0.15) is 5.01 Å². The molecule has 90 valence electrons. The van der Waals surface area contributed by atoms with E-state index in [1.165, 1.54) is 0 Å². The van der Waals surface area contributed by atoms with Crippen molar-refractivity contribution in [3.63, 3.8) is 0 Å². The Morgan fingerprint density at radius 3 is 2.89 bits per heavy atom. The van der Waals surface area contributed by atoms with Crippen LogP contribution in [0.5, 0.6) is 0 Å². The topological polar surface area (TPSA) is 35.0 Å². The number of rotatable bonds is 3. The van der Waals surface area contributed by atoms with Crippen LogP contribution in [0.2, 0.25) is 0 Å². The van der Waals surface area contributed by atoms with Crippen LogP contribution in [0.4, 0.5) is 0 Å². The lowest BCUT2D eigenvalue weighted by Gasteiger charge is -1.99. The Morgan fingerprint density at radius 2 is 2.00 bits per heavy atom. The van der Waals surface area contributed by atoms with Crippen molar-refractivity contribution in [2.45, 2.75) is 6.61 Å². The third kappa shape index (κ3) is 2.12. The molecular formula is C14H12N2OS. The van der Waals surface area contributed by atoms with Crippen molar-refractivity contribution in [3.05, 3.63) is 47.5 Å². The van der Waals surface area contributed by atoms with E-state index in [1.807, 2.05) is 29.6 Å². The average molecular weight is 256 g/mol. The maximum atomic E-state index is 5.07. The number of ether oxygens (including phenoxy) is 1. The molecule has 3 nitrogen and oxygen atoms in total. The van der Waals surface area contributed by atoms with Crippen LogP contribution in [0.3, 0.4) is 0 Å². The summed E-state index contributed by atoms with van der Waals surface area (Å²) in [5.74, 6) is 0. The summed E-state index contributed by atoms with van der Waals surface area (Å²) in [4.78, 5) is 9.13. The number of nitrogens with zero attached hydrogens (tertiary/aromatic N) is 2. The summed E-state index contributed by atoms with van der Waals surface area (Å²) in [6.07, 6.45) is 0. The highest BCUT2D eigenvalue weighted by Crippen LogP contribution is 2.24. The Bertz CT molecular complexity index is 678. The molecule has 0 atom stereocenters. The van der Waals surface area contributed by atoms with Gasteiger partial charge in [0.15, 0.2) is 0 Å². The number of benzene rings is 1. The summed E-state index contributed by atoms with van der Waals surface area (Å²) in [5.41, 5.74) is 2.87. The molecule has 0 bridgehead atoms. The molecule has 0 spiro atoms. The first-order valence-electron chi connectivity index (χ1n) is 5.66. The number of fused-ring (bicyclic) bond motifs is 1. The highest BCUT2D eigenvalue weighted by Gasteiger charge is 2.06. The van der Waals surface area contributed by atoms with Gasteiger partial charge < -0.3 is 4.74 Å². The highest BCUT2D eigenvalue weighted by atomic mass is 32.1. The van der Waals surface area contributed by atoms with Crippen molar-refractivity contribution < 1.29 is 4.74 Å². The first-order valence-corrected chi connectivity index (χ1v) is 6.54. The van der Waals surface area contributed by atoms with E-state index < -0.39 is 0 Å². The van der Waals surface area contributed by atoms with Gasteiger partial charge in [-0.25, -0.2) is 9.97 Å². The van der Waals surface area contributed by atoms with Gasteiger partial charge >= 0.3 is 0 Å². The van der Waals surface area contributed by atoms with Crippen LogP contribution in [0.25, 0.3) is 21.6 Å². The van der Waals surface area contributed by atoms with Crippen LogP contribution >= 0.6 is 11.3 Å². The number of pyridine rings is 1. The zero-order chi connectivity index (χ0) is 12.4. The quantitative estimate of drug-likeness (QED) is 0.719. The minimum atomic E-state index is 0.546. The van der Waals surface area contributed by atoms with Crippen LogP contribution in [0.1, 0.15) is 5.69 Å². The zero-order valence-corrected chi connectivity index (χ0v) is 10.8. The van der Waals surface area contributed by atoms with Crippen molar-refractivity contribution >= 4 is 22.2 Å². The van der Waals surface area contributed by atoms with E-state index in [4.69, 9.17) is 4.74 Å². The standard InChI is InChI=1S/C14H12N2OS/c1-17-8-11-9-18-14(15-11)13-7-6-10-4-2-3-5-12(10)16-13/h2-7,9H,8H2,1H3. The Balaban J connectivity index is 2.02. The third-order valence-electron chi connectivity index (χ3n) is 2.66. The lowest BCUT2D eigenvalue weighted by molar-refractivity contribution is 0.182. The summed E-state index contributed by atoms with van der Waals surface area (Å²) in [5, 5.41) is 4.10. The maximum Gasteiger partial charge on any atom is 0.142 e. The van der Waals surface area contributed by atoms with Gasteiger partial charge in [-0.2, -0.15) is 0 Å². The predicted octanol–water partition coefficient (Wildman–Crippen LogP) is 3.50. The van der Waals surface area contributed by atoms with Crippen molar-refractivity contribution in [2.75, 3.05) is 7.11 Å². The average Bonchev–Trinajstić information content (AvgIpc) is 2.87. The first kappa shape index (κ1) is 11.3. The minimum absolute atomic E-state index is 0.546. The largest absolute Gasteiger partial charge is 0.378 e. The Morgan fingerprint density at radius 1 is 1.11 bits per heavy atom. The number of methoxy groups -OCH3 is 1. The molecule has 0 aliphatic rings. The molecule has 2 aromatic heterocycles. The molecule has 4 heteroatoms. The van der Waals surface area contributed by atoms with E-state index in [0.29, 0.717) is 6.61 Å². The van der Waals surface area contributed by atoms with Gasteiger partial charge in [-0.3, -0.25) is 0 Å². The van der Waals surface area contributed by atoms with Crippen molar-refractivity contribution in [2.24, 2.45) is 0 Å². The maximum absolute atomic E-state index is 5.07. The van der Waals surface area contributed by atoms with E-state index >= 15 is 0 Å². The summed E-state index contributed by atoms with van der Waals surface area (Å²) >= 11 is 1.60. The molecule has 0 N–H and O–H groups in total.